The first kappa shape index (κ1) is 19.3. The number of carbonyl (C=O) groups excluding carboxylic acids is 1. The first-order chi connectivity index (χ1) is 10.9. The maximum absolute atomic E-state index is 12.4. The van der Waals surface area contributed by atoms with Crippen LogP contribution in [0.3, 0.4) is 0 Å². The summed E-state index contributed by atoms with van der Waals surface area (Å²) in [6, 6.07) is 7.93. The van der Waals surface area contributed by atoms with Gasteiger partial charge in [0, 0.05) is 13.1 Å². The molecule has 1 amide bonds. The van der Waals surface area contributed by atoms with Crippen LogP contribution < -0.4 is 4.74 Å². The van der Waals surface area contributed by atoms with Gasteiger partial charge in [0.15, 0.2) is 0 Å². The summed E-state index contributed by atoms with van der Waals surface area (Å²) in [4.78, 5) is 14.2. The van der Waals surface area contributed by atoms with E-state index in [1.165, 1.54) is 0 Å². The monoisotopic (exact) mass is 321 g/mol. The standard InChI is InChI=1S/C19H31NO3/c1-6-7-10-14-20(18(21)23-19(2,3)4)15-13-16-11-8-9-12-17(16)22-5/h8-9,11-12H,6-7,10,13-15H2,1-5H3. The van der Waals surface area contributed by atoms with Crippen LogP contribution in [0, 0.1) is 0 Å². The fourth-order valence-corrected chi connectivity index (χ4v) is 2.34. The number of ether oxygens (including phenoxy) is 2. The number of methoxy groups -OCH3 is 1. The van der Waals surface area contributed by atoms with Crippen molar-refractivity contribution in [1.82, 2.24) is 4.90 Å². The molecule has 0 atom stereocenters. The summed E-state index contributed by atoms with van der Waals surface area (Å²) in [6.07, 6.45) is 3.78. The Morgan fingerprint density at radius 2 is 1.83 bits per heavy atom. The maximum atomic E-state index is 12.4. The quantitative estimate of drug-likeness (QED) is 0.653. The third-order valence-corrected chi connectivity index (χ3v) is 3.53. The van der Waals surface area contributed by atoms with Crippen molar-refractivity contribution in [2.24, 2.45) is 0 Å². The SMILES string of the molecule is CCCCCN(CCc1ccccc1OC)C(=O)OC(C)(C)C. The van der Waals surface area contributed by atoms with Crippen LogP contribution in [0.5, 0.6) is 5.75 Å². The van der Waals surface area contributed by atoms with Crippen LogP contribution in [0.2, 0.25) is 0 Å². The van der Waals surface area contributed by atoms with Crippen LogP contribution in [0.1, 0.15) is 52.5 Å². The molecule has 0 spiro atoms. The van der Waals surface area contributed by atoms with Crippen molar-refractivity contribution < 1.29 is 14.3 Å². The highest BCUT2D eigenvalue weighted by atomic mass is 16.6. The molecule has 4 heteroatoms. The van der Waals surface area contributed by atoms with Crippen molar-refractivity contribution in [3.63, 3.8) is 0 Å². The van der Waals surface area contributed by atoms with Gasteiger partial charge in [-0.25, -0.2) is 4.79 Å². The van der Waals surface area contributed by atoms with Gasteiger partial charge in [-0.05, 0) is 45.2 Å². The number of unbranched alkanes of at least 4 members (excludes halogenated alkanes) is 2. The van der Waals surface area contributed by atoms with Crippen LogP contribution in [0.15, 0.2) is 24.3 Å². The summed E-state index contributed by atoms with van der Waals surface area (Å²) < 4.78 is 10.9. The van der Waals surface area contributed by atoms with E-state index in [9.17, 15) is 4.79 Å². The predicted octanol–water partition coefficient (Wildman–Crippen LogP) is 4.67. The molecule has 0 aliphatic rings. The molecule has 0 radical (unpaired) electrons. The molecule has 0 aliphatic heterocycles. The normalized spacial score (nSPS) is 11.2. The second-order valence-electron chi connectivity index (χ2n) is 6.74. The number of hydrogen-bond acceptors (Lipinski definition) is 3. The van der Waals surface area contributed by atoms with Crippen LogP contribution in [0.25, 0.3) is 0 Å². The Hall–Kier alpha value is -1.71. The Bertz CT molecular complexity index is 480. The molecule has 0 aliphatic carbocycles. The highest BCUT2D eigenvalue weighted by Gasteiger charge is 2.22. The van der Waals surface area contributed by atoms with Gasteiger partial charge in [-0.1, -0.05) is 38.0 Å². The summed E-state index contributed by atoms with van der Waals surface area (Å²) >= 11 is 0. The summed E-state index contributed by atoms with van der Waals surface area (Å²) in [7, 11) is 1.67. The van der Waals surface area contributed by atoms with E-state index in [2.05, 4.69) is 6.92 Å². The van der Waals surface area contributed by atoms with Gasteiger partial charge in [0.05, 0.1) is 7.11 Å². The van der Waals surface area contributed by atoms with Crippen molar-refractivity contribution in [2.75, 3.05) is 20.2 Å². The molecule has 4 nitrogen and oxygen atoms in total. The summed E-state index contributed by atoms with van der Waals surface area (Å²) in [6.45, 7) is 9.23. The molecule has 1 aromatic rings. The summed E-state index contributed by atoms with van der Waals surface area (Å²) in [5.41, 5.74) is 0.643. The van der Waals surface area contributed by atoms with Gasteiger partial charge in [0.2, 0.25) is 0 Å². The van der Waals surface area contributed by atoms with Gasteiger partial charge in [0.25, 0.3) is 0 Å². The van der Waals surface area contributed by atoms with Gasteiger partial charge in [0.1, 0.15) is 11.4 Å². The first-order valence-corrected chi connectivity index (χ1v) is 8.47. The van der Waals surface area contributed by atoms with Crippen molar-refractivity contribution >= 4 is 6.09 Å². The Morgan fingerprint density at radius 1 is 1.13 bits per heavy atom. The third-order valence-electron chi connectivity index (χ3n) is 3.53. The Morgan fingerprint density at radius 3 is 2.43 bits per heavy atom. The number of carbonyl (C=O) groups is 1. The molecular weight excluding hydrogens is 290 g/mol. The number of para-hydroxylation sites is 1. The molecule has 0 bridgehead atoms. The molecule has 23 heavy (non-hydrogen) atoms. The summed E-state index contributed by atoms with van der Waals surface area (Å²) in [5.74, 6) is 0.866. The van der Waals surface area contributed by atoms with Gasteiger partial charge in [-0.3, -0.25) is 0 Å². The van der Waals surface area contributed by atoms with Gasteiger partial charge >= 0.3 is 6.09 Å². The van der Waals surface area contributed by atoms with E-state index in [-0.39, 0.29) is 6.09 Å². The number of nitrogens with zero attached hydrogens (tertiary/aromatic N) is 1. The van der Waals surface area contributed by atoms with E-state index in [4.69, 9.17) is 9.47 Å². The molecule has 1 aromatic carbocycles. The zero-order valence-corrected chi connectivity index (χ0v) is 15.2. The number of amides is 1. The lowest BCUT2D eigenvalue weighted by atomic mass is 10.1. The molecule has 0 unspecified atom stereocenters. The fourth-order valence-electron chi connectivity index (χ4n) is 2.34. The lowest BCUT2D eigenvalue weighted by Gasteiger charge is -2.27. The number of hydrogen-bond donors (Lipinski definition) is 0. The summed E-state index contributed by atoms with van der Waals surface area (Å²) in [5, 5.41) is 0. The second-order valence-corrected chi connectivity index (χ2v) is 6.74. The van der Waals surface area contributed by atoms with Crippen molar-refractivity contribution in [2.45, 2.75) is 59.0 Å². The average molecular weight is 321 g/mol. The van der Waals surface area contributed by atoms with Crippen LogP contribution in [-0.4, -0.2) is 36.8 Å². The van der Waals surface area contributed by atoms with Crippen LogP contribution in [-0.2, 0) is 11.2 Å². The second kappa shape index (κ2) is 9.43. The van der Waals surface area contributed by atoms with Crippen molar-refractivity contribution in [3.8, 4) is 5.75 Å². The van der Waals surface area contributed by atoms with Crippen molar-refractivity contribution in [1.29, 1.82) is 0 Å². The minimum atomic E-state index is -0.468. The lowest BCUT2D eigenvalue weighted by molar-refractivity contribution is 0.0248. The maximum Gasteiger partial charge on any atom is 0.410 e. The van der Waals surface area contributed by atoms with E-state index >= 15 is 0 Å². The smallest absolute Gasteiger partial charge is 0.410 e. The first-order valence-electron chi connectivity index (χ1n) is 8.47. The highest BCUT2D eigenvalue weighted by molar-refractivity contribution is 5.68. The molecule has 0 N–H and O–H groups in total. The molecule has 0 heterocycles. The Balaban J connectivity index is 2.69. The van der Waals surface area contributed by atoms with E-state index in [1.807, 2.05) is 49.9 Å². The molecule has 0 fully saturated rings. The van der Waals surface area contributed by atoms with E-state index in [0.29, 0.717) is 6.54 Å². The minimum Gasteiger partial charge on any atom is -0.496 e. The Labute approximate surface area is 140 Å². The molecular formula is C19H31NO3. The molecule has 130 valence electrons. The van der Waals surface area contributed by atoms with E-state index in [0.717, 1.165) is 43.5 Å². The van der Waals surface area contributed by atoms with Gasteiger partial charge in [-0.15, -0.1) is 0 Å². The van der Waals surface area contributed by atoms with E-state index in [1.54, 1.807) is 7.11 Å². The predicted molar refractivity (Wildman–Crippen MR) is 94.0 cm³/mol. The highest BCUT2D eigenvalue weighted by Crippen LogP contribution is 2.19. The molecule has 0 saturated carbocycles. The largest absolute Gasteiger partial charge is 0.496 e. The average Bonchev–Trinajstić information content (AvgIpc) is 2.49. The zero-order chi connectivity index (χ0) is 17.3. The van der Waals surface area contributed by atoms with Crippen LogP contribution >= 0.6 is 0 Å². The molecule has 1 rings (SSSR count). The lowest BCUT2D eigenvalue weighted by Crippen LogP contribution is -2.38. The van der Waals surface area contributed by atoms with Gasteiger partial charge < -0.3 is 14.4 Å². The topological polar surface area (TPSA) is 38.8 Å². The number of rotatable bonds is 8. The molecule has 0 aromatic heterocycles. The van der Waals surface area contributed by atoms with Crippen LogP contribution in [0.4, 0.5) is 4.79 Å². The van der Waals surface area contributed by atoms with Gasteiger partial charge in [-0.2, -0.15) is 0 Å². The Kier molecular flexibility index (Phi) is 7.93. The van der Waals surface area contributed by atoms with Crippen molar-refractivity contribution in [3.05, 3.63) is 29.8 Å². The third kappa shape index (κ3) is 7.40. The minimum absolute atomic E-state index is 0.233. The zero-order valence-electron chi connectivity index (χ0n) is 15.2. The number of benzene rings is 1. The van der Waals surface area contributed by atoms with E-state index < -0.39 is 5.60 Å². The fraction of sp³-hybridized carbons (Fsp3) is 0.632. The molecule has 0 saturated heterocycles.